The molecule has 2 heterocycles. The van der Waals surface area contributed by atoms with Crippen molar-refractivity contribution in [3.05, 3.63) is 174 Å². The maximum absolute atomic E-state index is 14.1. The van der Waals surface area contributed by atoms with Crippen LogP contribution in [0.5, 0.6) is 0 Å². The van der Waals surface area contributed by atoms with Gasteiger partial charge in [0.05, 0.1) is 36.8 Å². The van der Waals surface area contributed by atoms with E-state index in [0.29, 0.717) is 10.9 Å². The molecule has 1 fully saturated rings. The number of aryl methyl sites for hydroxylation is 1. The topological polar surface area (TPSA) is 96.2 Å². The smallest absolute Gasteiger partial charge is 0.268 e. The summed E-state index contributed by atoms with van der Waals surface area (Å²) in [6.07, 6.45) is -1.15. The Morgan fingerprint density at radius 2 is 1.22 bits per heavy atom. The number of ether oxygens (including phenoxy) is 4. The Labute approximate surface area is 292 Å². The van der Waals surface area contributed by atoms with Gasteiger partial charge in [-0.3, -0.25) is 0 Å². The lowest BCUT2D eigenvalue weighted by Crippen LogP contribution is -2.61. The SMILES string of the molecule is Cc1ccc(S(=O)(=O)n2cc(C3(O)OC[C@@H](OCc4ccccc4)[C@H](OCc4ccccc4)[C@H]3OCc3ccccc3)c3ccccc32)cc1. The van der Waals surface area contributed by atoms with Crippen LogP contribution in [0.1, 0.15) is 27.8 Å². The van der Waals surface area contributed by atoms with Crippen molar-refractivity contribution in [2.45, 2.75) is 55.7 Å². The molecule has 8 nitrogen and oxygen atoms in total. The Bertz CT molecular complexity index is 2120. The van der Waals surface area contributed by atoms with Gasteiger partial charge in [-0.1, -0.05) is 127 Å². The van der Waals surface area contributed by atoms with E-state index in [-0.39, 0.29) is 36.9 Å². The molecule has 1 unspecified atom stereocenters. The molecule has 0 aliphatic carbocycles. The van der Waals surface area contributed by atoms with Crippen molar-refractivity contribution in [2.75, 3.05) is 6.61 Å². The highest BCUT2D eigenvalue weighted by Gasteiger charge is 2.54. The predicted molar refractivity (Wildman–Crippen MR) is 191 cm³/mol. The summed E-state index contributed by atoms with van der Waals surface area (Å²) in [4.78, 5) is 0.127. The summed E-state index contributed by atoms with van der Waals surface area (Å²) in [5.74, 6) is -2.13. The van der Waals surface area contributed by atoms with E-state index < -0.39 is 34.1 Å². The molecule has 0 saturated carbocycles. The molecule has 1 aliphatic heterocycles. The zero-order chi connectivity index (χ0) is 34.6. The number of fused-ring (bicyclic) bond motifs is 1. The Morgan fingerprint density at radius 1 is 0.700 bits per heavy atom. The zero-order valence-electron chi connectivity index (χ0n) is 27.7. The van der Waals surface area contributed by atoms with Gasteiger partial charge < -0.3 is 24.1 Å². The first-order valence-electron chi connectivity index (χ1n) is 16.6. The van der Waals surface area contributed by atoms with E-state index in [1.165, 1.54) is 10.2 Å². The lowest BCUT2D eigenvalue weighted by atomic mass is 9.90. The fourth-order valence-corrected chi connectivity index (χ4v) is 7.71. The Hall–Kier alpha value is -4.61. The Morgan fingerprint density at radius 3 is 1.82 bits per heavy atom. The first-order valence-corrected chi connectivity index (χ1v) is 18.0. The van der Waals surface area contributed by atoms with Gasteiger partial charge in [0.1, 0.15) is 18.3 Å². The average molecular weight is 690 g/mol. The van der Waals surface area contributed by atoms with Crippen molar-refractivity contribution >= 4 is 20.9 Å². The van der Waals surface area contributed by atoms with E-state index in [1.54, 1.807) is 48.5 Å². The van der Waals surface area contributed by atoms with E-state index in [9.17, 15) is 13.5 Å². The summed E-state index contributed by atoms with van der Waals surface area (Å²) in [5, 5.41) is 13.3. The first-order chi connectivity index (χ1) is 24.3. The summed E-state index contributed by atoms with van der Waals surface area (Å²) >= 11 is 0. The number of hydrogen-bond donors (Lipinski definition) is 1. The molecule has 1 N–H and O–H groups in total. The zero-order valence-corrected chi connectivity index (χ0v) is 28.5. The average Bonchev–Trinajstić information content (AvgIpc) is 3.56. The van der Waals surface area contributed by atoms with Gasteiger partial charge >= 0.3 is 0 Å². The van der Waals surface area contributed by atoms with Crippen molar-refractivity contribution in [3.8, 4) is 0 Å². The van der Waals surface area contributed by atoms with Gasteiger partial charge in [-0.15, -0.1) is 0 Å². The van der Waals surface area contributed by atoms with E-state index in [0.717, 1.165) is 22.3 Å². The van der Waals surface area contributed by atoms with E-state index in [2.05, 4.69) is 0 Å². The van der Waals surface area contributed by atoms with Crippen LogP contribution in [0.2, 0.25) is 0 Å². The standard InChI is InChI=1S/C41H39NO7S/c1-30-21-23-34(24-22-30)50(44,45)42-25-36(35-19-11-12-20-37(35)42)41(43)40(48-28-33-17-9-4-10-18-33)39(47-27-32-15-7-3-8-16-32)38(29-49-41)46-26-31-13-5-2-6-14-31/h2-25,38-40,43H,26-29H2,1H3/t38-,39+,40-,41?/m1/s1. The predicted octanol–water partition coefficient (Wildman–Crippen LogP) is 7.12. The highest BCUT2D eigenvalue weighted by atomic mass is 32.2. The second-order valence-corrected chi connectivity index (χ2v) is 14.3. The van der Waals surface area contributed by atoms with Gasteiger partial charge in [0.2, 0.25) is 5.79 Å². The summed E-state index contributed by atoms with van der Waals surface area (Å²) < 4.78 is 55.6. The van der Waals surface area contributed by atoms with E-state index in [1.807, 2.05) is 97.9 Å². The molecule has 4 atom stereocenters. The third-order valence-corrected chi connectivity index (χ3v) is 10.7. The van der Waals surface area contributed by atoms with Gasteiger partial charge in [-0.05, 0) is 41.8 Å². The minimum Gasteiger partial charge on any atom is -0.368 e. The molecule has 1 saturated heterocycles. The number of nitrogens with zero attached hydrogens (tertiary/aromatic N) is 1. The maximum Gasteiger partial charge on any atom is 0.268 e. The van der Waals surface area contributed by atoms with Gasteiger partial charge in [0.25, 0.3) is 10.0 Å². The van der Waals surface area contributed by atoms with Crippen molar-refractivity contribution in [1.82, 2.24) is 3.97 Å². The monoisotopic (exact) mass is 689 g/mol. The van der Waals surface area contributed by atoms with Crippen LogP contribution in [0.3, 0.4) is 0 Å². The maximum atomic E-state index is 14.1. The number of rotatable bonds is 12. The summed E-state index contributed by atoms with van der Waals surface area (Å²) in [5.41, 5.74) is 4.38. The first kappa shape index (κ1) is 33.9. The Kier molecular flexibility index (Phi) is 9.96. The van der Waals surface area contributed by atoms with Crippen molar-refractivity contribution in [2.24, 2.45) is 0 Å². The summed E-state index contributed by atoms with van der Waals surface area (Å²) in [6, 6.07) is 42.9. The second-order valence-electron chi connectivity index (χ2n) is 12.5. The fourth-order valence-electron chi connectivity index (χ4n) is 6.34. The molecule has 256 valence electrons. The summed E-state index contributed by atoms with van der Waals surface area (Å²) in [6.45, 7) is 2.50. The molecule has 9 heteroatoms. The third-order valence-electron chi connectivity index (χ3n) is 9.02. The number of para-hydroxylation sites is 1. The molecule has 0 radical (unpaired) electrons. The van der Waals surface area contributed by atoms with Crippen LogP contribution in [0.25, 0.3) is 10.9 Å². The highest BCUT2D eigenvalue weighted by molar-refractivity contribution is 7.90. The molecule has 1 aromatic heterocycles. The van der Waals surface area contributed by atoms with E-state index in [4.69, 9.17) is 18.9 Å². The van der Waals surface area contributed by atoms with Gasteiger partial charge in [0.15, 0.2) is 0 Å². The number of aliphatic hydroxyl groups is 1. The lowest BCUT2D eigenvalue weighted by molar-refractivity contribution is -0.351. The van der Waals surface area contributed by atoms with Crippen LogP contribution in [0, 0.1) is 6.92 Å². The normalized spacial score (nSPS) is 21.0. The molecule has 0 spiro atoms. The van der Waals surface area contributed by atoms with Gasteiger partial charge in [-0.25, -0.2) is 12.4 Å². The summed E-state index contributed by atoms with van der Waals surface area (Å²) in [7, 11) is -4.06. The molecule has 0 amide bonds. The van der Waals surface area contributed by atoms with Crippen LogP contribution in [0.15, 0.2) is 151 Å². The molecule has 1 aliphatic rings. The van der Waals surface area contributed by atoms with Crippen molar-refractivity contribution in [1.29, 1.82) is 0 Å². The third kappa shape index (κ3) is 7.02. The number of benzene rings is 5. The minimum atomic E-state index is -4.06. The molecule has 50 heavy (non-hydrogen) atoms. The molecule has 5 aromatic carbocycles. The quantitative estimate of drug-likeness (QED) is 0.146. The second kappa shape index (κ2) is 14.7. The lowest BCUT2D eigenvalue weighted by Gasteiger charge is -2.46. The van der Waals surface area contributed by atoms with Crippen molar-refractivity contribution < 1.29 is 32.5 Å². The molecule has 6 aromatic rings. The number of hydrogen-bond acceptors (Lipinski definition) is 7. The Balaban J connectivity index is 1.32. The fraction of sp³-hybridized carbons (Fsp3) is 0.220. The van der Waals surface area contributed by atoms with Gasteiger partial charge in [-0.2, -0.15) is 0 Å². The van der Waals surface area contributed by atoms with Crippen molar-refractivity contribution in [3.63, 3.8) is 0 Å². The molecular weight excluding hydrogens is 651 g/mol. The van der Waals surface area contributed by atoms with Crippen LogP contribution < -0.4 is 0 Å². The molecule has 7 rings (SSSR count). The van der Waals surface area contributed by atoms with Gasteiger partial charge in [0, 0.05) is 17.1 Å². The van der Waals surface area contributed by atoms with E-state index >= 15 is 0 Å². The van der Waals surface area contributed by atoms with Crippen LogP contribution in [0.4, 0.5) is 0 Å². The largest absolute Gasteiger partial charge is 0.368 e. The minimum absolute atomic E-state index is 0.0434. The highest BCUT2D eigenvalue weighted by Crippen LogP contribution is 2.43. The van der Waals surface area contributed by atoms with Crippen LogP contribution in [-0.4, -0.2) is 42.4 Å². The van der Waals surface area contributed by atoms with Crippen LogP contribution >= 0.6 is 0 Å². The molecule has 0 bridgehead atoms. The van der Waals surface area contributed by atoms with Crippen LogP contribution in [-0.2, 0) is 54.6 Å². The molecular formula is C41H39NO7S. The number of aromatic nitrogens is 1.